The largest absolute Gasteiger partial charge is 0.495 e. The molecule has 0 aliphatic heterocycles. The van der Waals surface area contributed by atoms with Crippen molar-refractivity contribution >= 4 is 45.5 Å². The van der Waals surface area contributed by atoms with E-state index >= 15 is 0 Å². The van der Waals surface area contributed by atoms with Crippen LogP contribution in [-0.2, 0) is 9.53 Å². The zero-order chi connectivity index (χ0) is 19.4. The number of nitrogens with one attached hydrogen (secondary N) is 2. The van der Waals surface area contributed by atoms with Crippen molar-refractivity contribution < 1.29 is 19.1 Å². The summed E-state index contributed by atoms with van der Waals surface area (Å²) < 4.78 is 10.3. The van der Waals surface area contributed by atoms with Crippen molar-refractivity contribution in [2.45, 2.75) is 25.7 Å². The van der Waals surface area contributed by atoms with E-state index in [1.54, 1.807) is 32.2 Å². The summed E-state index contributed by atoms with van der Waals surface area (Å²) in [6.07, 6.45) is 2.13. The van der Waals surface area contributed by atoms with Gasteiger partial charge in [0, 0.05) is 5.69 Å². The summed E-state index contributed by atoms with van der Waals surface area (Å²) in [7, 11) is 1.54. The van der Waals surface area contributed by atoms with Crippen LogP contribution in [0.4, 0.5) is 10.7 Å². The number of carbonyl (C=O) groups excluding carboxylic acids is 2. The summed E-state index contributed by atoms with van der Waals surface area (Å²) in [5.74, 6) is 0.324. The molecule has 2 N–H and O–H groups in total. The number of carbonyl (C=O) groups is 2. The summed E-state index contributed by atoms with van der Waals surface area (Å²) in [4.78, 5) is 24.7. The number of hydrogen-bond donors (Lipinski definition) is 2. The van der Waals surface area contributed by atoms with E-state index in [1.807, 2.05) is 5.38 Å². The third-order valence-corrected chi connectivity index (χ3v) is 5.38. The van der Waals surface area contributed by atoms with Crippen LogP contribution in [0, 0.1) is 0 Å². The average Bonchev–Trinajstić information content (AvgIpc) is 3.41. The van der Waals surface area contributed by atoms with Gasteiger partial charge in [0.1, 0.15) is 10.8 Å². The molecule has 1 heterocycles. The second-order valence-corrected chi connectivity index (χ2v) is 7.43. The van der Waals surface area contributed by atoms with E-state index in [9.17, 15) is 9.59 Å². The summed E-state index contributed by atoms with van der Waals surface area (Å²) in [5.41, 5.74) is 2.17. The van der Waals surface area contributed by atoms with Crippen molar-refractivity contribution in [1.82, 2.24) is 0 Å². The lowest BCUT2D eigenvalue weighted by atomic mass is 10.1. The molecule has 8 heteroatoms. The number of ether oxygens (including phenoxy) is 2. The van der Waals surface area contributed by atoms with Gasteiger partial charge in [-0.05, 0) is 54.8 Å². The van der Waals surface area contributed by atoms with Gasteiger partial charge in [-0.3, -0.25) is 4.79 Å². The van der Waals surface area contributed by atoms with Gasteiger partial charge in [0.15, 0.2) is 0 Å². The highest BCUT2D eigenvalue weighted by atomic mass is 35.5. The Morgan fingerprint density at radius 1 is 1.33 bits per heavy atom. The zero-order valence-corrected chi connectivity index (χ0v) is 16.7. The van der Waals surface area contributed by atoms with Gasteiger partial charge >= 0.3 is 5.97 Å². The Morgan fingerprint density at radius 2 is 2.11 bits per heavy atom. The molecule has 1 aromatic heterocycles. The van der Waals surface area contributed by atoms with Crippen LogP contribution in [0.1, 0.15) is 41.6 Å². The lowest BCUT2D eigenvalue weighted by Crippen LogP contribution is -2.22. The molecule has 27 heavy (non-hydrogen) atoms. The maximum atomic E-state index is 12.3. The average molecular weight is 409 g/mol. The smallest absolute Gasteiger partial charge is 0.341 e. The molecule has 1 fully saturated rings. The van der Waals surface area contributed by atoms with Crippen molar-refractivity contribution in [1.29, 1.82) is 0 Å². The Balaban J connectivity index is 1.65. The quantitative estimate of drug-likeness (QED) is 0.628. The van der Waals surface area contributed by atoms with Crippen molar-refractivity contribution in [2.24, 2.45) is 0 Å². The van der Waals surface area contributed by atoms with Crippen LogP contribution in [-0.4, -0.2) is 32.1 Å². The molecule has 1 amide bonds. The Bertz CT molecular complexity index is 848. The minimum atomic E-state index is -0.383. The first-order valence-corrected chi connectivity index (χ1v) is 9.95. The number of rotatable bonds is 8. The fraction of sp³-hybridized carbons (Fsp3) is 0.368. The van der Waals surface area contributed by atoms with E-state index in [0.29, 0.717) is 39.5 Å². The summed E-state index contributed by atoms with van der Waals surface area (Å²) in [5, 5.41) is 8.76. The molecule has 0 saturated heterocycles. The second kappa shape index (κ2) is 8.63. The molecule has 1 aliphatic carbocycles. The Labute approximate surface area is 166 Å². The lowest BCUT2D eigenvalue weighted by Gasteiger charge is -2.10. The van der Waals surface area contributed by atoms with Crippen molar-refractivity contribution in [3.05, 3.63) is 39.7 Å². The van der Waals surface area contributed by atoms with Crippen LogP contribution >= 0.6 is 22.9 Å². The summed E-state index contributed by atoms with van der Waals surface area (Å²) in [6, 6.07) is 5.19. The molecular formula is C19H21ClN2O4S. The molecule has 3 rings (SSSR count). The van der Waals surface area contributed by atoms with Gasteiger partial charge in [0.05, 0.1) is 30.8 Å². The first kappa shape index (κ1) is 19.5. The minimum absolute atomic E-state index is 0.0432. The molecular weight excluding hydrogens is 388 g/mol. The highest BCUT2D eigenvalue weighted by molar-refractivity contribution is 7.15. The molecule has 144 valence electrons. The van der Waals surface area contributed by atoms with E-state index in [0.717, 1.165) is 18.4 Å². The van der Waals surface area contributed by atoms with Crippen molar-refractivity contribution in [3.63, 3.8) is 0 Å². The number of hydrogen-bond acceptors (Lipinski definition) is 6. The second-order valence-electron chi connectivity index (χ2n) is 6.14. The first-order chi connectivity index (χ1) is 13.0. The van der Waals surface area contributed by atoms with Crippen LogP contribution in [0.5, 0.6) is 5.75 Å². The molecule has 0 atom stereocenters. The maximum absolute atomic E-state index is 12.3. The van der Waals surface area contributed by atoms with Crippen LogP contribution in [0.2, 0.25) is 5.02 Å². The number of benzene rings is 1. The minimum Gasteiger partial charge on any atom is -0.495 e. The highest BCUT2D eigenvalue weighted by Crippen LogP contribution is 2.46. The molecule has 2 aromatic rings. The summed E-state index contributed by atoms with van der Waals surface area (Å²) >= 11 is 7.44. The van der Waals surface area contributed by atoms with E-state index in [1.165, 1.54) is 11.3 Å². The van der Waals surface area contributed by atoms with Gasteiger partial charge in [-0.15, -0.1) is 11.3 Å². The SMILES string of the molecule is CCOC(=O)c1c(C2CC2)csc1NC(=O)CNc1ccc(OC)c(Cl)c1. The zero-order valence-electron chi connectivity index (χ0n) is 15.1. The predicted octanol–water partition coefficient (Wildman–Crippen LogP) is 4.51. The van der Waals surface area contributed by atoms with E-state index in [-0.39, 0.29) is 18.4 Å². The van der Waals surface area contributed by atoms with Gasteiger partial charge < -0.3 is 20.1 Å². The topological polar surface area (TPSA) is 76.7 Å². The molecule has 0 unspecified atom stereocenters. The molecule has 1 saturated carbocycles. The molecule has 6 nitrogen and oxygen atoms in total. The monoisotopic (exact) mass is 408 g/mol. The van der Waals surface area contributed by atoms with Gasteiger partial charge in [0.25, 0.3) is 0 Å². The lowest BCUT2D eigenvalue weighted by molar-refractivity contribution is -0.114. The maximum Gasteiger partial charge on any atom is 0.341 e. The number of methoxy groups -OCH3 is 1. The van der Waals surface area contributed by atoms with E-state index < -0.39 is 0 Å². The third-order valence-electron chi connectivity index (χ3n) is 4.17. The van der Waals surface area contributed by atoms with Gasteiger partial charge in [-0.1, -0.05) is 11.6 Å². The Hall–Kier alpha value is -2.25. The number of halogens is 1. The van der Waals surface area contributed by atoms with Crippen LogP contribution < -0.4 is 15.4 Å². The molecule has 0 bridgehead atoms. The predicted molar refractivity (Wildman–Crippen MR) is 107 cm³/mol. The number of esters is 1. The molecule has 1 aromatic carbocycles. The molecule has 0 radical (unpaired) electrons. The first-order valence-electron chi connectivity index (χ1n) is 8.69. The molecule has 0 spiro atoms. The number of thiophene rings is 1. The van der Waals surface area contributed by atoms with Gasteiger partial charge in [-0.2, -0.15) is 0 Å². The standard InChI is InChI=1S/C19H21ClN2O4S/c1-3-26-19(24)17-13(11-4-5-11)10-27-18(17)22-16(23)9-21-12-6-7-15(25-2)14(20)8-12/h6-8,10-11,21H,3-5,9H2,1-2H3,(H,22,23). The fourth-order valence-corrected chi connectivity index (χ4v) is 4.01. The Kier molecular flexibility index (Phi) is 6.23. The number of amides is 1. The molecule has 1 aliphatic rings. The van der Waals surface area contributed by atoms with Crippen LogP contribution in [0.15, 0.2) is 23.6 Å². The van der Waals surface area contributed by atoms with E-state index in [2.05, 4.69) is 10.6 Å². The van der Waals surface area contributed by atoms with Crippen molar-refractivity contribution in [2.75, 3.05) is 30.9 Å². The fourth-order valence-electron chi connectivity index (χ4n) is 2.70. The van der Waals surface area contributed by atoms with Crippen molar-refractivity contribution in [3.8, 4) is 5.75 Å². The van der Waals surface area contributed by atoms with Crippen LogP contribution in [0.25, 0.3) is 0 Å². The van der Waals surface area contributed by atoms with E-state index in [4.69, 9.17) is 21.1 Å². The van der Waals surface area contributed by atoms with Crippen LogP contribution in [0.3, 0.4) is 0 Å². The van der Waals surface area contributed by atoms with Gasteiger partial charge in [0.2, 0.25) is 5.91 Å². The Morgan fingerprint density at radius 3 is 2.74 bits per heavy atom. The number of anilines is 2. The third kappa shape index (κ3) is 4.73. The highest BCUT2D eigenvalue weighted by Gasteiger charge is 2.32. The normalized spacial score (nSPS) is 13.1. The van der Waals surface area contributed by atoms with Gasteiger partial charge in [-0.25, -0.2) is 4.79 Å². The summed E-state index contributed by atoms with van der Waals surface area (Å²) in [6.45, 7) is 2.11.